The van der Waals surface area contributed by atoms with Crippen molar-refractivity contribution in [2.45, 2.75) is 33.1 Å². The molecule has 19 heavy (non-hydrogen) atoms. The van der Waals surface area contributed by atoms with Gasteiger partial charge in [-0.3, -0.25) is 4.79 Å². The lowest BCUT2D eigenvalue weighted by molar-refractivity contribution is 0.318. The Morgan fingerprint density at radius 2 is 2.16 bits per heavy atom. The molecule has 1 aliphatic rings. The molecule has 0 bridgehead atoms. The number of fused-ring (bicyclic) bond motifs is 2. The lowest BCUT2D eigenvalue weighted by Gasteiger charge is -2.30. The molecule has 2 nitrogen and oxygen atoms in total. The Balaban J connectivity index is 2.29. The molecular formula is C16H15NOS. The molecule has 3 rings (SSSR count). The molecule has 0 aliphatic heterocycles. The van der Waals surface area contributed by atoms with Gasteiger partial charge in [0, 0.05) is 20.5 Å². The number of hydrogen-bond acceptors (Lipinski definition) is 3. The number of benzene rings is 1. The van der Waals surface area contributed by atoms with E-state index in [-0.39, 0.29) is 10.8 Å². The van der Waals surface area contributed by atoms with Gasteiger partial charge in [0.15, 0.2) is 5.43 Å². The van der Waals surface area contributed by atoms with Gasteiger partial charge in [0.25, 0.3) is 0 Å². The SMILES string of the molecule is CC1(C)CCc2c(sc3cc(C#N)ccc3c2=O)C1. The van der Waals surface area contributed by atoms with Crippen LogP contribution in [0.2, 0.25) is 0 Å². The summed E-state index contributed by atoms with van der Waals surface area (Å²) in [6.45, 7) is 4.51. The molecule has 3 heteroatoms. The van der Waals surface area contributed by atoms with E-state index in [0.29, 0.717) is 5.56 Å². The zero-order chi connectivity index (χ0) is 13.6. The molecule has 1 aromatic carbocycles. The molecule has 96 valence electrons. The van der Waals surface area contributed by atoms with Crippen LogP contribution in [0.3, 0.4) is 0 Å². The van der Waals surface area contributed by atoms with Crippen LogP contribution in [0.25, 0.3) is 10.1 Å². The van der Waals surface area contributed by atoms with Gasteiger partial charge in [-0.15, -0.1) is 11.3 Å². The van der Waals surface area contributed by atoms with E-state index < -0.39 is 0 Å². The van der Waals surface area contributed by atoms with Crippen LogP contribution in [0.15, 0.2) is 23.0 Å². The summed E-state index contributed by atoms with van der Waals surface area (Å²) < 4.78 is 0.945. The summed E-state index contributed by atoms with van der Waals surface area (Å²) >= 11 is 1.68. The standard InChI is InChI=1S/C16H15NOS/c1-16(2)6-5-12-14(8-16)19-13-7-10(9-17)3-4-11(13)15(12)18/h3-4,7H,5-6,8H2,1-2H3. The summed E-state index contributed by atoms with van der Waals surface area (Å²) in [6, 6.07) is 7.51. The molecule has 1 heterocycles. The minimum absolute atomic E-state index is 0.170. The van der Waals surface area contributed by atoms with E-state index in [9.17, 15) is 4.79 Å². The van der Waals surface area contributed by atoms with Crippen LogP contribution >= 0.6 is 11.3 Å². The highest BCUT2D eigenvalue weighted by Gasteiger charge is 2.27. The molecule has 0 spiro atoms. The summed E-state index contributed by atoms with van der Waals surface area (Å²) in [7, 11) is 0. The van der Waals surface area contributed by atoms with Crippen molar-refractivity contribution in [3.05, 3.63) is 44.4 Å². The Morgan fingerprint density at radius 3 is 2.89 bits per heavy atom. The lowest BCUT2D eigenvalue weighted by atomic mass is 9.77. The number of nitrogens with zero attached hydrogens (tertiary/aromatic N) is 1. The first-order valence-corrected chi connectivity index (χ1v) is 7.30. The predicted molar refractivity (Wildman–Crippen MR) is 78.6 cm³/mol. The summed E-state index contributed by atoms with van der Waals surface area (Å²) in [6.07, 6.45) is 2.92. The van der Waals surface area contributed by atoms with Crippen LogP contribution in [0.1, 0.15) is 36.3 Å². The van der Waals surface area contributed by atoms with E-state index in [0.717, 1.165) is 34.9 Å². The first kappa shape index (κ1) is 12.4. The Labute approximate surface area is 116 Å². The average molecular weight is 269 g/mol. The summed E-state index contributed by atoms with van der Waals surface area (Å²) in [4.78, 5) is 13.7. The van der Waals surface area contributed by atoms with E-state index in [1.54, 1.807) is 23.5 Å². The maximum absolute atomic E-state index is 12.5. The number of nitriles is 1. The average Bonchev–Trinajstić information content (AvgIpc) is 2.36. The van der Waals surface area contributed by atoms with Gasteiger partial charge in [0.1, 0.15) is 0 Å². The van der Waals surface area contributed by atoms with E-state index in [1.165, 1.54) is 4.88 Å². The van der Waals surface area contributed by atoms with Gasteiger partial charge >= 0.3 is 0 Å². The van der Waals surface area contributed by atoms with E-state index >= 15 is 0 Å². The third-order valence-electron chi connectivity index (χ3n) is 3.89. The Kier molecular flexibility index (Phi) is 2.72. The topological polar surface area (TPSA) is 40.9 Å². The molecule has 0 amide bonds. The van der Waals surface area contributed by atoms with Crippen molar-refractivity contribution in [2.75, 3.05) is 0 Å². The highest BCUT2D eigenvalue weighted by molar-refractivity contribution is 7.18. The number of hydrogen-bond donors (Lipinski definition) is 0. The van der Waals surface area contributed by atoms with Gasteiger partial charge in [-0.1, -0.05) is 13.8 Å². The molecule has 2 aromatic rings. The minimum Gasteiger partial charge on any atom is -0.289 e. The molecule has 0 saturated carbocycles. The predicted octanol–water partition coefficient (Wildman–Crippen LogP) is 3.65. The van der Waals surface area contributed by atoms with Gasteiger partial charge < -0.3 is 0 Å². The minimum atomic E-state index is 0.170. The van der Waals surface area contributed by atoms with E-state index in [1.807, 2.05) is 6.07 Å². The highest BCUT2D eigenvalue weighted by atomic mass is 32.1. The van der Waals surface area contributed by atoms with Crippen molar-refractivity contribution < 1.29 is 0 Å². The van der Waals surface area contributed by atoms with Crippen LogP contribution in [0.4, 0.5) is 0 Å². The van der Waals surface area contributed by atoms with Crippen molar-refractivity contribution >= 4 is 21.4 Å². The van der Waals surface area contributed by atoms with Gasteiger partial charge in [0.2, 0.25) is 0 Å². The smallest absolute Gasteiger partial charge is 0.191 e. The fourth-order valence-electron chi connectivity index (χ4n) is 2.73. The Morgan fingerprint density at radius 1 is 1.37 bits per heavy atom. The fourth-order valence-corrected chi connectivity index (χ4v) is 4.23. The molecule has 1 aromatic heterocycles. The second-order valence-corrected chi connectivity index (χ2v) is 7.13. The Bertz CT molecular complexity index is 765. The van der Waals surface area contributed by atoms with E-state index in [4.69, 9.17) is 5.26 Å². The Hall–Kier alpha value is -1.66. The van der Waals surface area contributed by atoms with Crippen molar-refractivity contribution in [3.63, 3.8) is 0 Å². The van der Waals surface area contributed by atoms with Crippen LogP contribution in [0, 0.1) is 16.7 Å². The van der Waals surface area contributed by atoms with Gasteiger partial charge in [-0.05, 0) is 42.9 Å². The lowest BCUT2D eigenvalue weighted by Crippen LogP contribution is -2.26. The second-order valence-electron chi connectivity index (χ2n) is 6.00. The maximum Gasteiger partial charge on any atom is 0.191 e. The largest absolute Gasteiger partial charge is 0.289 e. The van der Waals surface area contributed by atoms with Crippen molar-refractivity contribution in [2.24, 2.45) is 5.41 Å². The van der Waals surface area contributed by atoms with E-state index in [2.05, 4.69) is 19.9 Å². The van der Waals surface area contributed by atoms with Gasteiger partial charge in [-0.2, -0.15) is 5.26 Å². The molecule has 0 atom stereocenters. The third kappa shape index (κ3) is 2.06. The number of rotatable bonds is 0. The zero-order valence-corrected chi connectivity index (χ0v) is 11.9. The fraction of sp³-hybridized carbons (Fsp3) is 0.375. The molecule has 1 aliphatic carbocycles. The second kappa shape index (κ2) is 4.18. The van der Waals surface area contributed by atoms with Crippen LogP contribution in [0.5, 0.6) is 0 Å². The third-order valence-corrected chi connectivity index (χ3v) is 5.08. The summed E-state index contributed by atoms with van der Waals surface area (Å²) in [5.41, 5.74) is 2.07. The molecule has 0 N–H and O–H groups in total. The summed E-state index contributed by atoms with van der Waals surface area (Å²) in [5, 5.41) is 9.73. The first-order valence-electron chi connectivity index (χ1n) is 6.49. The zero-order valence-electron chi connectivity index (χ0n) is 11.1. The maximum atomic E-state index is 12.5. The monoisotopic (exact) mass is 269 g/mol. The summed E-state index contributed by atoms with van der Waals surface area (Å²) in [5.74, 6) is 0. The quantitative estimate of drug-likeness (QED) is 0.732. The highest BCUT2D eigenvalue weighted by Crippen LogP contribution is 2.37. The van der Waals surface area contributed by atoms with Crippen molar-refractivity contribution in [1.29, 1.82) is 5.26 Å². The van der Waals surface area contributed by atoms with Crippen LogP contribution < -0.4 is 5.43 Å². The molecule has 0 fully saturated rings. The normalized spacial score (nSPS) is 16.9. The first-order chi connectivity index (χ1) is 9.00. The van der Waals surface area contributed by atoms with Gasteiger partial charge in [-0.25, -0.2) is 0 Å². The van der Waals surface area contributed by atoms with Crippen LogP contribution in [-0.2, 0) is 12.8 Å². The molecular weight excluding hydrogens is 254 g/mol. The van der Waals surface area contributed by atoms with Crippen molar-refractivity contribution in [3.8, 4) is 6.07 Å². The van der Waals surface area contributed by atoms with Gasteiger partial charge in [0.05, 0.1) is 11.6 Å². The van der Waals surface area contributed by atoms with Crippen molar-refractivity contribution in [1.82, 2.24) is 0 Å². The van der Waals surface area contributed by atoms with Crippen LogP contribution in [-0.4, -0.2) is 0 Å². The molecule has 0 unspecified atom stereocenters. The molecule has 0 radical (unpaired) electrons. The molecule has 0 saturated heterocycles.